The molecule has 0 bridgehead atoms. The van der Waals surface area contributed by atoms with Crippen LogP contribution in [-0.4, -0.2) is 5.78 Å². The molecule has 94 valence electrons. The lowest BCUT2D eigenvalue weighted by Crippen LogP contribution is -2.08. The van der Waals surface area contributed by atoms with E-state index in [1.54, 1.807) is 18.3 Å². The van der Waals surface area contributed by atoms with Crippen molar-refractivity contribution in [3.05, 3.63) is 52.2 Å². The van der Waals surface area contributed by atoms with Crippen molar-refractivity contribution in [2.24, 2.45) is 0 Å². The summed E-state index contributed by atoms with van der Waals surface area (Å²) in [5.41, 5.74) is 1.81. The standard InChI is InChI=1S/C15H17NOS/c1-3-14(15-5-4-10-18-15)16-13-8-6-12(7-9-13)11(2)17/h4-10,14,16H,3H2,1-2H3. The monoisotopic (exact) mass is 259 g/mol. The zero-order chi connectivity index (χ0) is 13.0. The summed E-state index contributed by atoms with van der Waals surface area (Å²) in [6.07, 6.45) is 1.04. The molecule has 0 radical (unpaired) electrons. The second kappa shape index (κ2) is 5.83. The van der Waals surface area contributed by atoms with E-state index in [0.717, 1.165) is 17.7 Å². The van der Waals surface area contributed by atoms with Crippen molar-refractivity contribution in [2.75, 3.05) is 5.32 Å². The summed E-state index contributed by atoms with van der Waals surface area (Å²) in [5.74, 6) is 0.104. The molecule has 2 rings (SSSR count). The van der Waals surface area contributed by atoms with Crippen LogP contribution in [0.3, 0.4) is 0 Å². The number of nitrogens with one attached hydrogen (secondary N) is 1. The Kier molecular flexibility index (Phi) is 4.15. The lowest BCUT2D eigenvalue weighted by atomic mass is 10.1. The zero-order valence-corrected chi connectivity index (χ0v) is 11.5. The van der Waals surface area contributed by atoms with Crippen LogP contribution in [0, 0.1) is 0 Å². The number of hydrogen-bond acceptors (Lipinski definition) is 3. The SMILES string of the molecule is CCC(Nc1ccc(C(C)=O)cc1)c1cccs1. The molecule has 0 amide bonds. The summed E-state index contributed by atoms with van der Waals surface area (Å²) >= 11 is 1.77. The molecule has 3 heteroatoms. The second-order valence-electron chi connectivity index (χ2n) is 4.25. The third-order valence-electron chi connectivity index (χ3n) is 2.93. The number of thiophene rings is 1. The van der Waals surface area contributed by atoms with Crippen molar-refractivity contribution in [1.82, 2.24) is 0 Å². The number of rotatable bonds is 5. The van der Waals surface area contributed by atoms with Crippen molar-refractivity contribution in [3.8, 4) is 0 Å². The first-order valence-electron chi connectivity index (χ1n) is 6.11. The van der Waals surface area contributed by atoms with Gasteiger partial charge in [0.1, 0.15) is 0 Å². The van der Waals surface area contributed by atoms with Gasteiger partial charge in [-0.1, -0.05) is 13.0 Å². The molecular weight excluding hydrogens is 242 g/mol. The average molecular weight is 259 g/mol. The fraction of sp³-hybridized carbons (Fsp3) is 0.267. The Bertz CT molecular complexity index is 502. The molecule has 0 fully saturated rings. The summed E-state index contributed by atoms with van der Waals surface area (Å²) in [6.45, 7) is 3.75. The van der Waals surface area contributed by atoms with Gasteiger partial charge in [0, 0.05) is 16.1 Å². The molecule has 0 saturated carbocycles. The fourth-order valence-corrected chi connectivity index (χ4v) is 2.73. The van der Waals surface area contributed by atoms with Crippen molar-refractivity contribution in [1.29, 1.82) is 0 Å². The summed E-state index contributed by atoms with van der Waals surface area (Å²) in [6, 6.07) is 12.2. The summed E-state index contributed by atoms with van der Waals surface area (Å²) in [4.78, 5) is 12.5. The van der Waals surface area contributed by atoms with Gasteiger partial charge < -0.3 is 5.32 Å². The number of carbonyl (C=O) groups is 1. The van der Waals surface area contributed by atoms with Crippen molar-refractivity contribution in [2.45, 2.75) is 26.3 Å². The molecule has 1 aromatic carbocycles. The second-order valence-corrected chi connectivity index (χ2v) is 5.23. The van der Waals surface area contributed by atoms with E-state index < -0.39 is 0 Å². The van der Waals surface area contributed by atoms with Crippen LogP contribution < -0.4 is 5.32 Å². The summed E-state index contributed by atoms with van der Waals surface area (Å²) in [5, 5.41) is 5.59. The van der Waals surface area contributed by atoms with Crippen molar-refractivity contribution >= 4 is 22.8 Å². The van der Waals surface area contributed by atoms with Crippen LogP contribution in [0.1, 0.15) is 41.5 Å². The first-order chi connectivity index (χ1) is 8.70. The molecular formula is C15H17NOS. The highest BCUT2D eigenvalue weighted by Gasteiger charge is 2.09. The molecule has 0 aliphatic carbocycles. The predicted molar refractivity (Wildman–Crippen MR) is 77.4 cm³/mol. The molecule has 1 aromatic heterocycles. The summed E-state index contributed by atoms with van der Waals surface area (Å²) < 4.78 is 0. The molecule has 1 atom stereocenters. The first-order valence-corrected chi connectivity index (χ1v) is 6.99. The van der Waals surface area contributed by atoms with Crippen LogP contribution in [0.5, 0.6) is 0 Å². The smallest absolute Gasteiger partial charge is 0.159 e. The molecule has 0 spiro atoms. The van der Waals surface area contributed by atoms with E-state index >= 15 is 0 Å². The fourth-order valence-electron chi connectivity index (χ4n) is 1.87. The Labute approximate surface area is 112 Å². The predicted octanol–water partition coefficient (Wildman–Crippen LogP) is 4.51. The van der Waals surface area contributed by atoms with Crippen molar-refractivity contribution in [3.63, 3.8) is 0 Å². The van der Waals surface area contributed by atoms with Crippen LogP contribution in [0.25, 0.3) is 0 Å². The van der Waals surface area contributed by atoms with E-state index in [1.165, 1.54) is 4.88 Å². The highest BCUT2D eigenvalue weighted by atomic mass is 32.1. The molecule has 18 heavy (non-hydrogen) atoms. The third-order valence-corrected chi connectivity index (χ3v) is 3.91. The lowest BCUT2D eigenvalue weighted by molar-refractivity contribution is 0.101. The highest BCUT2D eigenvalue weighted by molar-refractivity contribution is 7.10. The van der Waals surface area contributed by atoms with E-state index in [9.17, 15) is 4.79 Å². The Morgan fingerprint density at radius 1 is 1.28 bits per heavy atom. The zero-order valence-electron chi connectivity index (χ0n) is 10.6. The molecule has 1 heterocycles. The van der Waals surface area contributed by atoms with E-state index in [-0.39, 0.29) is 5.78 Å². The number of Topliss-reactive ketones (excluding diaryl/α,β-unsaturated/α-hetero) is 1. The molecule has 0 aliphatic rings. The maximum atomic E-state index is 11.2. The maximum absolute atomic E-state index is 11.2. The third kappa shape index (κ3) is 2.99. The van der Waals surface area contributed by atoms with Gasteiger partial charge in [0.15, 0.2) is 5.78 Å². The van der Waals surface area contributed by atoms with E-state index in [2.05, 4.69) is 29.8 Å². The quantitative estimate of drug-likeness (QED) is 0.800. The number of ketones is 1. The number of benzene rings is 1. The number of anilines is 1. The van der Waals surface area contributed by atoms with E-state index in [1.807, 2.05) is 24.3 Å². The van der Waals surface area contributed by atoms with Crippen LogP contribution in [0.4, 0.5) is 5.69 Å². The van der Waals surface area contributed by atoms with Gasteiger partial charge in [0.2, 0.25) is 0 Å². The number of hydrogen-bond donors (Lipinski definition) is 1. The average Bonchev–Trinajstić information content (AvgIpc) is 2.90. The van der Waals surface area contributed by atoms with E-state index in [0.29, 0.717) is 6.04 Å². The van der Waals surface area contributed by atoms with Gasteiger partial charge in [0.05, 0.1) is 6.04 Å². The van der Waals surface area contributed by atoms with E-state index in [4.69, 9.17) is 0 Å². The van der Waals surface area contributed by atoms with Crippen molar-refractivity contribution < 1.29 is 4.79 Å². The lowest BCUT2D eigenvalue weighted by Gasteiger charge is -2.17. The molecule has 2 nitrogen and oxygen atoms in total. The topological polar surface area (TPSA) is 29.1 Å². The Hall–Kier alpha value is -1.61. The van der Waals surface area contributed by atoms with Gasteiger partial charge in [-0.15, -0.1) is 11.3 Å². The molecule has 0 aliphatic heterocycles. The largest absolute Gasteiger partial charge is 0.377 e. The normalized spacial score (nSPS) is 12.1. The van der Waals surface area contributed by atoms with Crippen LogP contribution in [0.15, 0.2) is 41.8 Å². The van der Waals surface area contributed by atoms with Crippen LogP contribution in [0.2, 0.25) is 0 Å². The highest BCUT2D eigenvalue weighted by Crippen LogP contribution is 2.26. The minimum absolute atomic E-state index is 0.104. The van der Waals surface area contributed by atoms with Gasteiger partial charge in [-0.05, 0) is 49.1 Å². The molecule has 1 N–H and O–H groups in total. The van der Waals surface area contributed by atoms with Crippen LogP contribution >= 0.6 is 11.3 Å². The Morgan fingerprint density at radius 3 is 2.50 bits per heavy atom. The maximum Gasteiger partial charge on any atom is 0.159 e. The Morgan fingerprint density at radius 2 is 2.00 bits per heavy atom. The molecule has 1 unspecified atom stereocenters. The van der Waals surface area contributed by atoms with Gasteiger partial charge >= 0.3 is 0 Å². The Balaban J connectivity index is 2.10. The van der Waals surface area contributed by atoms with Crippen LogP contribution in [-0.2, 0) is 0 Å². The van der Waals surface area contributed by atoms with Gasteiger partial charge in [-0.3, -0.25) is 4.79 Å². The van der Waals surface area contributed by atoms with Gasteiger partial charge in [0.25, 0.3) is 0 Å². The minimum Gasteiger partial charge on any atom is -0.377 e. The number of carbonyl (C=O) groups excluding carboxylic acids is 1. The molecule has 0 saturated heterocycles. The molecule has 2 aromatic rings. The minimum atomic E-state index is 0.104. The summed E-state index contributed by atoms with van der Waals surface area (Å²) in [7, 11) is 0. The van der Waals surface area contributed by atoms with Gasteiger partial charge in [-0.25, -0.2) is 0 Å². The van der Waals surface area contributed by atoms with Gasteiger partial charge in [-0.2, -0.15) is 0 Å². The first kappa shape index (κ1) is 12.8.